The van der Waals surface area contributed by atoms with Gasteiger partial charge in [-0.15, -0.1) is 0 Å². The summed E-state index contributed by atoms with van der Waals surface area (Å²) in [6, 6.07) is 2.41. The number of esters is 1. The van der Waals surface area contributed by atoms with Crippen LogP contribution in [0.2, 0.25) is 5.02 Å². The van der Waals surface area contributed by atoms with E-state index in [4.69, 9.17) is 16.3 Å². The maximum atomic E-state index is 11.5. The summed E-state index contributed by atoms with van der Waals surface area (Å²) in [6.07, 6.45) is 1.01. The zero-order valence-electron chi connectivity index (χ0n) is 9.48. The normalized spacial score (nSPS) is 11.1. The monoisotopic (exact) mass is 278 g/mol. The van der Waals surface area contributed by atoms with Crippen LogP contribution in [-0.2, 0) is 14.6 Å². The fraction of sp³-hybridized carbons (Fsp3) is 0.300. The third kappa shape index (κ3) is 2.89. The summed E-state index contributed by atoms with van der Waals surface area (Å²) < 4.78 is 32.4. The van der Waals surface area contributed by atoms with Gasteiger partial charge in [-0.05, 0) is 6.07 Å². The maximum Gasteiger partial charge on any atom is 0.339 e. The molecule has 5 nitrogen and oxygen atoms in total. The molecule has 0 aliphatic rings. The van der Waals surface area contributed by atoms with Crippen LogP contribution in [0.1, 0.15) is 10.4 Å². The van der Waals surface area contributed by atoms with Gasteiger partial charge in [-0.2, -0.15) is 0 Å². The van der Waals surface area contributed by atoms with E-state index in [1.165, 1.54) is 20.3 Å². The molecule has 0 saturated heterocycles. The van der Waals surface area contributed by atoms with Crippen LogP contribution in [0.25, 0.3) is 0 Å². The molecular formula is C10H11ClO5S. The number of hydrogen-bond acceptors (Lipinski definition) is 5. The fourth-order valence-electron chi connectivity index (χ4n) is 1.25. The van der Waals surface area contributed by atoms with Crippen LogP contribution < -0.4 is 4.74 Å². The second-order valence-corrected chi connectivity index (χ2v) is 5.64. The van der Waals surface area contributed by atoms with Gasteiger partial charge in [0.25, 0.3) is 0 Å². The van der Waals surface area contributed by atoms with Crippen molar-refractivity contribution in [1.29, 1.82) is 0 Å². The summed E-state index contributed by atoms with van der Waals surface area (Å²) in [4.78, 5) is 11.3. The number of carbonyl (C=O) groups excluding carboxylic acids is 1. The first-order valence-electron chi connectivity index (χ1n) is 4.47. The first kappa shape index (κ1) is 13.8. The van der Waals surface area contributed by atoms with Crippen molar-refractivity contribution in [1.82, 2.24) is 0 Å². The van der Waals surface area contributed by atoms with Crippen LogP contribution in [0, 0.1) is 0 Å². The van der Waals surface area contributed by atoms with E-state index in [2.05, 4.69) is 4.74 Å². The number of sulfone groups is 1. The highest BCUT2D eigenvalue weighted by Gasteiger charge is 2.21. The molecule has 0 saturated carbocycles. The average molecular weight is 279 g/mol. The van der Waals surface area contributed by atoms with Gasteiger partial charge >= 0.3 is 5.97 Å². The van der Waals surface area contributed by atoms with Gasteiger partial charge in [-0.3, -0.25) is 0 Å². The number of hydrogen-bond donors (Lipinski definition) is 0. The molecule has 7 heteroatoms. The summed E-state index contributed by atoms with van der Waals surface area (Å²) in [5.41, 5.74) is -0.0182. The zero-order valence-corrected chi connectivity index (χ0v) is 11.1. The quantitative estimate of drug-likeness (QED) is 0.785. The SMILES string of the molecule is COC(=O)c1cc(S(C)(=O)=O)c(OC)cc1Cl. The van der Waals surface area contributed by atoms with Crippen molar-refractivity contribution < 1.29 is 22.7 Å². The molecule has 94 valence electrons. The van der Waals surface area contributed by atoms with E-state index in [9.17, 15) is 13.2 Å². The van der Waals surface area contributed by atoms with Crippen molar-refractivity contribution in [3.63, 3.8) is 0 Å². The minimum absolute atomic E-state index is 0.0182. The van der Waals surface area contributed by atoms with Gasteiger partial charge < -0.3 is 9.47 Å². The largest absolute Gasteiger partial charge is 0.495 e. The van der Waals surface area contributed by atoms with Crippen LogP contribution in [-0.4, -0.2) is 34.9 Å². The first-order chi connectivity index (χ1) is 7.81. The molecule has 1 aromatic carbocycles. The summed E-state index contributed by atoms with van der Waals surface area (Å²) in [6.45, 7) is 0. The molecule has 0 atom stereocenters. The standard InChI is InChI=1S/C10H11ClO5S/c1-15-8-5-7(11)6(10(12)16-2)4-9(8)17(3,13)14/h4-5H,1-3H3. The number of ether oxygens (including phenoxy) is 2. The Morgan fingerprint density at radius 2 is 1.88 bits per heavy atom. The van der Waals surface area contributed by atoms with Gasteiger partial charge in [-0.25, -0.2) is 13.2 Å². The minimum Gasteiger partial charge on any atom is -0.495 e. The van der Waals surface area contributed by atoms with Crippen LogP contribution in [0.5, 0.6) is 5.75 Å². The van der Waals surface area contributed by atoms with E-state index >= 15 is 0 Å². The Hall–Kier alpha value is -1.27. The lowest BCUT2D eigenvalue weighted by atomic mass is 10.2. The van der Waals surface area contributed by atoms with Crippen LogP contribution in [0.15, 0.2) is 17.0 Å². The topological polar surface area (TPSA) is 69.7 Å². The summed E-state index contributed by atoms with van der Waals surface area (Å²) >= 11 is 5.83. The van der Waals surface area contributed by atoms with Gasteiger partial charge in [0.1, 0.15) is 10.6 Å². The minimum atomic E-state index is -3.52. The zero-order chi connectivity index (χ0) is 13.2. The van der Waals surface area contributed by atoms with E-state index in [0.717, 1.165) is 12.3 Å². The molecule has 0 aromatic heterocycles. The van der Waals surface area contributed by atoms with Gasteiger partial charge in [0.2, 0.25) is 0 Å². The van der Waals surface area contributed by atoms with Crippen molar-refractivity contribution in [3.05, 3.63) is 22.7 Å². The molecule has 0 amide bonds. The third-order valence-electron chi connectivity index (χ3n) is 2.06. The predicted octanol–water partition coefficient (Wildman–Crippen LogP) is 1.54. The molecule has 0 N–H and O–H groups in total. The van der Waals surface area contributed by atoms with Crippen molar-refractivity contribution >= 4 is 27.4 Å². The van der Waals surface area contributed by atoms with Gasteiger partial charge in [0, 0.05) is 12.3 Å². The Balaban J connectivity index is 3.54. The molecule has 0 fully saturated rings. The van der Waals surface area contributed by atoms with Crippen LogP contribution in [0.4, 0.5) is 0 Å². The lowest BCUT2D eigenvalue weighted by Crippen LogP contribution is -2.07. The second-order valence-electron chi connectivity index (χ2n) is 3.25. The molecule has 0 spiro atoms. The molecule has 0 aliphatic carbocycles. The Morgan fingerprint density at radius 3 is 2.29 bits per heavy atom. The Bertz CT molecular complexity index is 550. The molecule has 0 heterocycles. The molecule has 1 aromatic rings. The molecule has 0 aliphatic heterocycles. The second kappa shape index (κ2) is 4.93. The van der Waals surface area contributed by atoms with E-state index in [1.54, 1.807) is 0 Å². The number of halogens is 1. The summed E-state index contributed by atoms with van der Waals surface area (Å²) in [7, 11) is -1.02. The predicted molar refractivity (Wildman–Crippen MR) is 62.5 cm³/mol. The highest BCUT2D eigenvalue weighted by Crippen LogP contribution is 2.30. The van der Waals surface area contributed by atoms with Gasteiger partial charge in [-0.1, -0.05) is 11.6 Å². The van der Waals surface area contributed by atoms with E-state index < -0.39 is 15.8 Å². The summed E-state index contributed by atoms with van der Waals surface area (Å²) in [5, 5.41) is 0.0705. The van der Waals surface area contributed by atoms with E-state index in [1.807, 2.05) is 0 Å². The molecule has 17 heavy (non-hydrogen) atoms. The number of benzene rings is 1. The van der Waals surface area contributed by atoms with E-state index in [-0.39, 0.29) is 21.2 Å². The number of methoxy groups -OCH3 is 2. The van der Waals surface area contributed by atoms with Crippen molar-refractivity contribution in [2.24, 2.45) is 0 Å². The summed E-state index contributed by atoms with van der Waals surface area (Å²) in [5.74, 6) is -0.618. The van der Waals surface area contributed by atoms with Gasteiger partial charge in [0.15, 0.2) is 9.84 Å². The molecule has 1 rings (SSSR count). The molecular weight excluding hydrogens is 268 g/mol. The Morgan fingerprint density at radius 1 is 1.29 bits per heavy atom. The Kier molecular flexibility index (Phi) is 4.00. The Labute approximate surface area is 104 Å². The van der Waals surface area contributed by atoms with Gasteiger partial charge in [0.05, 0.1) is 24.8 Å². The first-order valence-corrected chi connectivity index (χ1v) is 6.74. The van der Waals surface area contributed by atoms with Crippen molar-refractivity contribution in [2.75, 3.05) is 20.5 Å². The smallest absolute Gasteiger partial charge is 0.339 e. The third-order valence-corrected chi connectivity index (χ3v) is 3.49. The van der Waals surface area contributed by atoms with Crippen LogP contribution in [0.3, 0.4) is 0 Å². The van der Waals surface area contributed by atoms with E-state index in [0.29, 0.717) is 0 Å². The fourth-order valence-corrected chi connectivity index (χ4v) is 2.32. The highest BCUT2D eigenvalue weighted by atomic mass is 35.5. The lowest BCUT2D eigenvalue weighted by Gasteiger charge is -2.10. The molecule has 0 bridgehead atoms. The highest BCUT2D eigenvalue weighted by molar-refractivity contribution is 7.90. The molecule has 0 unspecified atom stereocenters. The number of carbonyl (C=O) groups is 1. The maximum absolute atomic E-state index is 11.5. The average Bonchev–Trinajstić information content (AvgIpc) is 2.25. The van der Waals surface area contributed by atoms with Crippen molar-refractivity contribution in [2.45, 2.75) is 4.90 Å². The number of rotatable bonds is 3. The van der Waals surface area contributed by atoms with Crippen LogP contribution >= 0.6 is 11.6 Å². The van der Waals surface area contributed by atoms with Crippen molar-refractivity contribution in [3.8, 4) is 5.75 Å². The lowest BCUT2D eigenvalue weighted by molar-refractivity contribution is 0.0600. The molecule has 0 radical (unpaired) electrons.